The fourth-order valence-corrected chi connectivity index (χ4v) is 5.55. The number of hydrogen-bond donors (Lipinski definition) is 2. The van der Waals surface area contributed by atoms with Gasteiger partial charge in [0.05, 0.1) is 16.9 Å². The number of aromatic nitrogens is 3. The van der Waals surface area contributed by atoms with Crippen molar-refractivity contribution in [2.45, 2.75) is 19.6 Å². The Balaban J connectivity index is 1.25. The number of carbonyl (C=O) groups excluding carboxylic acids is 1. The van der Waals surface area contributed by atoms with Crippen LogP contribution in [0.1, 0.15) is 27.0 Å². The number of anilines is 3. The molecule has 2 aromatic carbocycles. The molecule has 6 rings (SSSR count). The number of fused-ring (bicyclic) bond motifs is 1. The first kappa shape index (κ1) is 30.3. The van der Waals surface area contributed by atoms with Crippen molar-refractivity contribution in [3.8, 4) is 11.3 Å². The Morgan fingerprint density at radius 3 is 2.49 bits per heavy atom. The fraction of sp³-hybridized carbons (Fsp3) is 0.265. The van der Waals surface area contributed by atoms with E-state index in [1.807, 2.05) is 67.0 Å². The zero-order valence-corrected chi connectivity index (χ0v) is 25.3. The second-order valence-corrected chi connectivity index (χ2v) is 11.5. The predicted molar refractivity (Wildman–Crippen MR) is 171 cm³/mol. The van der Waals surface area contributed by atoms with Crippen LogP contribution in [0.15, 0.2) is 79.3 Å². The fourth-order valence-electron chi connectivity index (χ4n) is 5.55. The third-order valence-electron chi connectivity index (χ3n) is 8.23. The van der Waals surface area contributed by atoms with Gasteiger partial charge in [0.2, 0.25) is 0 Å². The number of likely N-dealkylation sites (N-methyl/N-ethyl adjacent to an activating group) is 1. The zero-order valence-electron chi connectivity index (χ0n) is 25.3. The van der Waals surface area contributed by atoms with Gasteiger partial charge in [-0.15, -0.1) is 0 Å². The van der Waals surface area contributed by atoms with Crippen LogP contribution in [0.5, 0.6) is 0 Å². The molecular formula is C34H34F3N7O. The Labute approximate surface area is 259 Å². The van der Waals surface area contributed by atoms with Crippen LogP contribution in [-0.2, 0) is 19.8 Å². The third kappa shape index (κ3) is 6.69. The Hall–Kier alpha value is -4.74. The van der Waals surface area contributed by atoms with E-state index in [1.54, 1.807) is 24.5 Å². The number of halogens is 3. The van der Waals surface area contributed by atoms with Crippen molar-refractivity contribution in [2.75, 3.05) is 43.9 Å². The molecule has 0 bridgehead atoms. The summed E-state index contributed by atoms with van der Waals surface area (Å²) in [5, 5.41) is 7.04. The van der Waals surface area contributed by atoms with E-state index >= 15 is 0 Å². The first-order valence-electron chi connectivity index (χ1n) is 14.7. The smallest absolute Gasteiger partial charge is 0.355 e. The van der Waals surface area contributed by atoms with Gasteiger partial charge >= 0.3 is 6.18 Å². The monoisotopic (exact) mass is 613 g/mol. The van der Waals surface area contributed by atoms with Crippen LogP contribution in [-0.4, -0.2) is 63.5 Å². The molecule has 1 aliphatic heterocycles. The molecule has 1 amide bonds. The van der Waals surface area contributed by atoms with Gasteiger partial charge in [-0.3, -0.25) is 14.7 Å². The number of nitrogens with zero attached hydrogens (tertiary/aromatic N) is 5. The summed E-state index contributed by atoms with van der Waals surface area (Å²) in [7, 11) is 3.93. The van der Waals surface area contributed by atoms with E-state index in [-0.39, 0.29) is 17.8 Å². The maximum atomic E-state index is 14.1. The number of carbonyl (C=O) groups is 1. The number of piperazine rings is 1. The van der Waals surface area contributed by atoms with Gasteiger partial charge < -0.3 is 20.1 Å². The van der Waals surface area contributed by atoms with Crippen molar-refractivity contribution in [2.24, 2.45) is 7.05 Å². The minimum absolute atomic E-state index is 0.0887. The second-order valence-electron chi connectivity index (χ2n) is 11.5. The van der Waals surface area contributed by atoms with Gasteiger partial charge in [-0.1, -0.05) is 12.1 Å². The van der Waals surface area contributed by atoms with Crippen molar-refractivity contribution >= 4 is 34.0 Å². The molecule has 1 saturated heterocycles. The Bertz CT molecular complexity index is 1840. The molecule has 232 valence electrons. The minimum atomic E-state index is -4.55. The van der Waals surface area contributed by atoms with Gasteiger partial charge in [0.25, 0.3) is 5.91 Å². The average molecular weight is 614 g/mol. The molecule has 2 N–H and O–H groups in total. The molecule has 1 fully saturated rings. The molecule has 8 nitrogen and oxygen atoms in total. The molecule has 3 aromatic heterocycles. The Morgan fingerprint density at radius 2 is 1.76 bits per heavy atom. The van der Waals surface area contributed by atoms with Gasteiger partial charge in [0.1, 0.15) is 5.65 Å². The summed E-state index contributed by atoms with van der Waals surface area (Å²) in [6.07, 6.45) is 0.834. The number of benzene rings is 2. The van der Waals surface area contributed by atoms with Gasteiger partial charge in [-0.2, -0.15) is 13.2 Å². The number of aryl methyl sites for hydroxylation is 2. The lowest BCUT2D eigenvalue weighted by atomic mass is 10.0. The van der Waals surface area contributed by atoms with Gasteiger partial charge in [-0.05, 0) is 73.6 Å². The number of pyridine rings is 2. The summed E-state index contributed by atoms with van der Waals surface area (Å²) in [4.78, 5) is 26.5. The maximum Gasteiger partial charge on any atom is 0.416 e. The minimum Gasteiger partial charge on any atom is -0.355 e. The number of amides is 1. The van der Waals surface area contributed by atoms with Crippen molar-refractivity contribution in [3.63, 3.8) is 0 Å². The molecule has 0 aliphatic carbocycles. The highest BCUT2D eigenvalue weighted by molar-refractivity contribution is 6.05. The molecule has 0 spiro atoms. The van der Waals surface area contributed by atoms with Crippen molar-refractivity contribution in [1.82, 2.24) is 24.3 Å². The van der Waals surface area contributed by atoms with E-state index in [2.05, 4.69) is 20.5 Å². The van der Waals surface area contributed by atoms with Crippen LogP contribution in [0.3, 0.4) is 0 Å². The van der Waals surface area contributed by atoms with Crippen LogP contribution in [0.4, 0.5) is 30.2 Å². The summed E-state index contributed by atoms with van der Waals surface area (Å²) >= 11 is 0. The quantitative estimate of drug-likeness (QED) is 0.213. The van der Waals surface area contributed by atoms with Gasteiger partial charge in [-0.25, -0.2) is 4.98 Å². The maximum absolute atomic E-state index is 14.1. The van der Waals surface area contributed by atoms with Gasteiger partial charge in [0.15, 0.2) is 0 Å². The Kier molecular flexibility index (Phi) is 8.30. The number of hydrogen-bond acceptors (Lipinski definition) is 6. The van der Waals surface area contributed by atoms with E-state index in [0.29, 0.717) is 24.3 Å². The molecule has 0 radical (unpaired) electrons. The zero-order chi connectivity index (χ0) is 31.7. The molecule has 45 heavy (non-hydrogen) atoms. The highest BCUT2D eigenvalue weighted by Crippen LogP contribution is 2.35. The second kappa shape index (κ2) is 12.3. The van der Waals surface area contributed by atoms with Crippen molar-refractivity contribution < 1.29 is 18.0 Å². The van der Waals surface area contributed by atoms with Crippen LogP contribution in [0, 0.1) is 6.92 Å². The van der Waals surface area contributed by atoms with E-state index in [0.717, 1.165) is 52.7 Å². The van der Waals surface area contributed by atoms with Crippen molar-refractivity contribution in [3.05, 3.63) is 102 Å². The molecule has 0 atom stereocenters. The summed E-state index contributed by atoms with van der Waals surface area (Å²) in [5.74, 6) is -0.506. The third-order valence-corrected chi connectivity index (χ3v) is 8.23. The molecule has 0 unspecified atom stereocenters. The number of rotatable bonds is 7. The largest absolute Gasteiger partial charge is 0.416 e. The number of alkyl halides is 3. The summed E-state index contributed by atoms with van der Waals surface area (Å²) in [5.41, 5.74) is 4.62. The van der Waals surface area contributed by atoms with Crippen LogP contribution < -0.4 is 10.6 Å². The lowest BCUT2D eigenvalue weighted by Crippen LogP contribution is -2.44. The summed E-state index contributed by atoms with van der Waals surface area (Å²) in [6, 6.07) is 16.9. The number of nitrogens with one attached hydrogen (secondary N) is 2. The lowest BCUT2D eigenvalue weighted by molar-refractivity contribution is -0.138. The van der Waals surface area contributed by atoms with Crippen molar-refractivity contribution in [1.29, 1.82) is 0 Å². The van der Waals surface area contributed by atoms with E-state index in [9.17, 15) is 18.0 Å². The van der Waals surface area contributed by atoms with Crippen LogP contribution in [0.2, 0.25) is 0 Å². The lowest BCUT2D eigenvalue weighted by Gasteiger charge is -2.33. The van der Waals surface area contributed by atoms with E-state index < -0.39 is 17.6 Å². The van der Waals surface area contributed by atoms with Gasteiger partial charge in [0, 0.05) is 86.2 Å². The normalized spacial score (nSPS) is 14.5. The molecule has 4 heterocycles. The SMILES string of the molecule is Cc1ccc(C(=O)Nc2ccc(CN3CCN(C)CC3)c(C(F)(F)F)c2)cc1Nc1cc(-c2cccnc2)nc2c1ccn2C. The van der Waals surface area contributed by atoms with E-state index in [1.165, 1.54) is 12.1 Å². The molecule has 1 aliphatic rings. The van der Waals surface area contributed by atoms with Crippen LogP contribution >= 0.6 is 0 Å². The first-order valence-corrected chi connectivity index (χ1v) is 14.7. The Morgan fingerprint density at radius 1 is 0.956 bits per heavy atom. The standard InChI is InChI=1S/C34H34F3N7O/c1-22-6-7-23(17-29(22)40-31-19-30(24-5-4-11-38-20-24)41-32-27(31)10-12-43(32)3)33(45)39-26-9-8-25(28(18-26)34(35,36)37)21-44-15-13-42(2)14-16-44/h4-12,17-20H,13-16,21H2,1-3H3,(H,39,45)(H,40,41). The topological polar surface area (TPSA) is 78.3 Å². The molecule has 11 heteroatoms. The molecule has 5 aromatic rings. The highest BCUT2D eigenvalue weighted by atomic mass is 19.4. The summed E-state index contributed by atoms with van der Waals surface area (Å²) in [6.45, 7) is 5.16. The molecule has 0 saturated carbocycles. The average Bonchev–Trinajstić information content (AvgIpc) is 3.40. The van der Waals surface area contributed by atoms with E-state index in [4.69, 9.17) is 4.98 Å². The van der Waals surface area contributed by atoms with Crippen LogP contribution in [0.25, 0.3) is 22.3 Å². The molecular weight excluding hydrogens is 579 g/mol. The highest BCUT2D eigenvalue weighted by Gasteiger charge is 2.34. The first-order chi connectivity index (χ1) is 21.5. The predicted octanol–water partition coefficient (Wildman–Crippen LogP) is 6.71. The summed E-state index contributed by atoms with van der Waals surface area (Å²) < 4.78 is 44.2.